The quantitative estimate of drug-likeness (QED) is 0.477. The normalized spacial score (nSPS) is 10.4. The van der Waals surface area contributed by atoms with E-state index in [1.54, 1.807) is 0 Å². The molecule has 2 aromatic carbocycles. The van der Waals surface area contributed by atoms with Crippen LogP contribution in [0.2, 0.25) is 0 Å². The molecule has 2 aromatic rings. The summed E-state index contributed by atoms with van der Waals surface area (Å²) in [6.45, 7) is 0. The highest BCUT2D eigenvalue weighted by molar-refractivity contribution is 5.91. The Hall–Kier alpha value is -2.37. The average Bonchev–Trinajstić information content (AvgIpc) is 2.41. The monoisotopic (exact) mass is 284 g/mol. The van der Waals surface area contributed by atoms with Gasteiger partial charge in [0.1, 0.15) is 11.6 Å². The van der Waals surface area contributed by atoms with Crippen LogP contribution in [0.3, 0.4) is 0 Å². The first-order valence-corrected chi connectivity index (χ1v) is 5.46. The van der Waals surface area contributed by atoms with Crippen molar-refractivity contribution < 1.29 is 27.1 Å². The van der Waals surface area contributed by atoms with Crippen LogP contribution in [0.15, 0.2) is 30.3 Å². The fraction of sp³-hybridized carbons (Fsp3) is 0.0714. The minimum absolute atomic E-state index is 0.0956. The number of ether oxygens (including phenoxy) is 1. The van der Waals surface area contributed by atoms with Gasteiger partial charge in [-0.05, 0) is 29.8 Å². The van der Waals surface area contributed by atoms with E-state index < -0.39 is 29.2 Å². The zero-order chi connectivity index (χ0) is 14.9. The lowest BCUT2D eigenvalue weighted by molar-refractivity contribution is 0.0600. The highest BCUT2D eigenvalue weighted by Gasteiger charge is 2.15. The molecule has 0 atom stereocenters. The zero-order valence-corrected chi connectivity index (χ0v) is 10.2. The van der Waals surface area contributed by atoms with Gasteiger partial charge >= 0.3 is 5.97 Å². The molecule has 104 valence electrons. The van der Waals surface area contributed by atoms with Crippen LogP contribution in [0.25, 0.3) is 11.1 Å². The second-order valence-electron chi connectivity index (χ2n) is 3.97. The van der Waals surface area contributed by atoms with Crippen molar-refractivity contribution in [2.45, 2.75) is 0 Å². The predicted molar refractivity (Wildman–Crippen MR) is 63.0 cm³/mol. The van der Waals surface area contributed by atoms with Crippen LogP contribution in [0.1, 0.15) is 10.4 Å². The van der Waals surface area contributed by atoms with Crippen molar-refractivity contribution in [1.82, 2.24) is 0 Å². The van der Waals surface area contributed by atoms with Crippen LogP contribution in [0.4, 0.5) is 17.6 Å². The fourth-order valence-electron chi connectivity index (χ4n) is 1.72. The van der Waals surface area contributed by atoms with Gasteiger partial charge < -0.3 is 4.74 Å². The maximum Gasteiger partial charge on any atom is 0.337 e. The number of halogens is 4. The van der Waals surface area contributed by atoms with Crippen LogP contribution in [0, 0.1) is 23.3 Å². The second-order valence-corrected chi connectivity index (χ2v) is 3.97. The topological polar surface area (TPSA) is 26.3 Å². The van der Waals surface area contributed by atoms with Crippen molar-refractivity contribution in [3.63, 3.8) is 0 Å². The van der Waals surface area contributed by atoms with Crippen molar-refractivity contribution in [2.24, 2.45) is 0 Å². The molecule has 6 heteroatoms. The molecule has 0 aromatic heterocycles. The summed E-state index contributed by atoms with van der Waals surface area (Å²) in [7, 11) is 1.10. The number of carbonyl (C=O) groups is 1. The number of rotatable bonds is 2. The van der Waals surface area contributed by atoms with E-state index in [-0.39, 0.29) is 16.7 Å². The summed E-state index contributed by atoms with van der Waals surface area (Å²) in [4.78, 5) is 11.3. The molecule has 0 bridgehead atoms. The van der Waals surface area contributed by atoms with Crippen LogP contribution in [0.5, 0.6) is 0 Å². The molecular weight excluding hydrogens is 276 g/mol. The first-order chi connectivity index (χ1) is 9.42. The Morgan fingerprint density at radius 3 is 2.20 bits per heavy atom. The Balaban J connectivity index is 2.61. The Labute approximate surface area is 111 Å². The summed E-state index contributed by atoms with van der Waals surface area (Å²) < 4.78 is 57.5. The molecule has 0 saturated heterocycles. The van der Waals surface area contributed by atoms with Crippen LogP contribution >= 0.6 is 0 Å². The summed E-state index contributed by atoms with van der Waals surface area (Å²) in [6.07, 6.45) is 0. The summed E-state index contributed by atoms with van der Waals surface area (Å²) in [5.41, 5.74) is -0.609. The van der Waals surface area contributed by atoms with E-state index >= 15 is 0 Å². The summed E-state index contributed by atoms with van der Waals surface area (Å²) >= 11 is 0. The summed E-state index contributed by atoms with van der Waals surface area (Å²) in [5.74, 6) is -5.34. The largest absolute Gasteiger partial charge is 0.465 e. The third-order valence-corrected chi connectivity index (χ3v) is 2.64. The zero-order valence-electron chi connectivity index (χ0n) is 10.2. The Morgan fingerprint density at radius 1 is 0.900 bits per heavy atom. The molecule has 0 fully saturated rings. The standard InChI is InChI=1S/C14H8F4O2/c1-20-14(19)8-2-7(3-9(15)4-8)10-5-12(17)13(18)6-11(10)16/h2-6H,1H3. The SMILES string of the molecule is COC(=O)c1cc(F)cc(-c2cc(F)c(F)cc2F)c1. The Bertz CT molecular complexity index is 683. The molecule has 0 aliphatic rings. The lowest BCUT2D eigenvalue weighted by atomic mass is 10.0. The van der Waals surface area contributed by atoms with Crippen LogP contribution in [-0.2, 0) is 4.74 Å². The fourth-order valence-corrected chi connectivity index (χ4v) is 1.72. The first-order valence-electron chi connectivity index (χ1n) is 5.46. The lowest BCUT2D eigenvalue weighted by Gasteiger charge is -2.07. The van der Waals surface area contributed by atoms with Gasteiger partial charge in [0.25, 0.3) is 0 Å². The summed E-state index contributed by atoms with van der Waals surface area (Å²) in [6, 6.07) is 3.88. The van der Waals surface area contributed by atoms with Gasteiger partial charge in [-0.2, -0.15) is 0 Å². The number of hydrogen-bond acceptors (Lipinski definition) is 2. The maximum atomic E-state index is 13.6. The van der Waals surface area contributed by atoms with Crippen molar-refractivity contribution in [2.75, 3.05) is 7.11 Å². The second kappa shape index (κ2) is 5.32. The first kappa shape index (κ1) is 14.0. The van der Waals surface area contributed by atoms with Crippen molar-refractivity contribution in [3.8, 4) is 11.1 Å². The average molecular weight is 284 g/mol. The lowest BCUT2D eigenvalue weighted by Crippen LogP contribution is -2.02. The molecule has 0 spiro atoms. The van der Waals surface area contributed by atoms with E-state index in [4.69, 9.17) is 0 Å². The van der Waals surface area contributed by atoms with Gasteiger partial charge in [-0.25, -0.2) is 22.4 Å². The maximum absolute atomic E-state index is 13.6. The molecular formula is C14H8F4O2. The number of esters is 1. The van der Waals surface area contributed by atoms with E-state index in [1.165, 1.54) is 0 Å². The predicted octanol–water partition coefficient (Wildman–Crippen LogP) is 3.70. The highest BCUT2D eigenvalue weighted by Crippen LogP contribution is 2.27. The van der Waals surface area contributed by atoms with Gasteiger partial charge in [-0.15, -0.1) is 0 Å². The molecule has 0 aliphatic carbocycles. The molecule has 0 amide bonds. The van der Waals surface area contributed by atoms with Crippen LogP contribution in [-0.4, -0.2) is 13.1 Å². The van der Waals surface area contributed by atoms with Crippen molar-refractivity contribution >= 4 is 5.97 Å². The summed E-state index contributed by atoms with van der Waals surface area (Å²) in [5, 5.41) is 0. The van der Waals surface area contributed by atoms with E-state index in [0.29, 0.717) is 12.1 Å². The van der Waals surface area contributed by atoms with E-state index in [2.05, 4.69) is 4.74 Å². The number of methoxy groups -OCH3 is 1. The van der Waals surface area contributed by atoms with Crippen LogP contribution < -0.4 is 0 Å². The number of benzene rings is 2. The number of carbonyl (C=O) groups excluding carboxylic acids is 1. The third-order valence-electron chi connectivity index (χ3n) is 2.64. The van der Waals surface area contributed by atoms with Gasteiger partial charge in [-0.1, -0.05) is 0 Å². The van der Waals surface area contributed by atoms with Gasteiger partial charge in [0.05, 0.1) is 12.7 Å². The minimum Gasteiger partial charge on any atom is -0.465 e. The van der Waals surface area contributed by atoms with E-state index in [0.717, 1.165) is 25.3 Å². The molecule has 0 radical (unpaired) electrons. The molecule has 0 unspecified atom stereocenters. The molecule has 2 rings (SSSR count). The number of hydrogen-bond donors (Lipinski definition) is 0. The van der Waals surface area contributed by atoms with E-state index in [9.17, 15) is 22.4 Å². The molecule has 2 nitrogen and oxygen atoms in total. The Morgan fingerprint density at radius 2 is 1.55 bits per heavy atom. The minimum atomic E-state index is -1.35. The van der Waals surface area contributed by atoms with Gasteiger partial charge in [-0.3, -0.25) is 0 Å². The van der Waals surface area contributed by atoms with Gasteiger partial charge in [0.15, 0.2) is 11.6 Å². The molecule has 0 saturated carbocycles. The van der Waals surface area contributed by atoms with Crippen molar-refractivity contribution in [1.29, 1.82) is 0 Å². The highest BCUT2D eigenvalue weighted by atomic mass is 19.2. The molecule has 0 aliphatic heterocycles. The smallest absolute Gasteiger partial charge is 0.337 e. The molecule has 0 heterocycles. The Kier molecular flexibility index (Phi) is 3.74. The van der Waals surface area contributed by atoms with E-state index in [1.807, 2.05) is 0 Å². The van der Waals surface area contributed by atoms with Gasteiger partial charge in [0.2, 0.25) is 0 Å². The molecule has 0 N–H and O–H groups in total. The van der Waals surface area contributed by atoms with Gasteiger partial charge in [0, 0.05) is 11.6 Å². The molecule has 20 heavy (non-hydrogen) atoms. The van der Waals surface area contributed by atoms with Crippen molar-refractivity contribution in [3.05, 3.63) is 59.2 Å². The third kappa shape index (κ3) is 2.64.